The molecule has 0 saturated carbocycles. The van der Waals surface area contributed by atoms with Gasteiger partial charge in [-0.2, -0.15) is 5.10 Å². The van der Waals surface area contributed by atoms with Gasteiger partial charge in [0, 0.05) is 6.42 Å². The predicted octanol–water partition coefficient (Wildman–Crippen LogP) is 4.65. The van der Waals surface area contributed by atoms with Crippen molar-refractivity contribution in [2.75, 3.05) is 0 Å². The van der Waals surface area contributed by atoms with Gasteiger partial charge in [0.15, 0.2) is 0 Å². The van der Waals surface area contributed by atoms with E-state index in [1.807, 2.05) is 89.9 Å². The van der Waals surface area contributed by atoms with Gasteiger partial charge in [0.2, 0.25) is 0 Å². The molecule has 0 spiro atoms. The molecule has 5 heteroatoms. The van der Waals surface area contributed by atoms with Gasteiger partial charge in [-0.15, -0.1) is 0 Å². The first-order chi connectivity index (χ1) is 14.2. The van der Waals surface area contributed by atoms with Crippen molar-refractivity contribution >= 4 is 11.7 Å². The van der Waals surface area contributed by atoms with Crippen molar-refractivity contribution in [3.63, 3.8) is 0 Å². The van der Waals surface area contributed by atoms with Crippen LogP contribution in [0.2, 0.25) is 0 Å². The lowest BCUT2D eigenvalue weighted by Gasteiger charge is -2.24. The minimum absolute atomic E-state index is 0.107. The van der Waals surface area contributed by atoms with E-state index in [1.165, 1.54) is 0 Å². The van der Waals surface area contributed by atoms with Crippen molar-refractivity contribution in [3.05, 3.63) is 102 Å². The van der Waals surface area contributed by atoms with Gasteiger partial charge in [0.05, 0.1) is 12.6 Å². The van der Waals surface area contributed by atoms with Crippen molar-refractivity contribution in [1.82, 2.24) is 5.01 Å². The number of carboxylic acid groups (broad SMARTS) is 1. The highest BCUT2D eigenvalue weighted by Gasteiger charge is 2.31. The monoisotopic (exact) mass is 386 g/mol. The van der Waals surface area contributed by atoms with Crippen LogP contribution in [0.3, 0.4) is 0 Å². The maximum absolute atomic E-state index is 11.5. The van der Waals surface area contributed by atoms with E-state index in [2.05, 4.69) is 5.10 Å². The van der Waals surface area contributed by atoms with E-state index in [9.17, 15) is 9.90 Å². The summed E-state index contributed by atoms with van der Waals surface area (Å²) < 4.78 is 5.86. The van der Waals surface area contributed by atoms with Crippen LogP contribution in [0.15, 0.2) is 90.0 Å². The number of rotatable bonds is 7. The number of carbonyl (C=O) groups is 1. The van der Waals surface area contributed by atoms with Crippen LogP contribution in [-0.4, -0.2) is 21.8 Å². The largest absolute Gasteiger partial charge is 0.489 e. The van der Waals surface area contributed by atoms with Crippen LogP contribution in [0.5, 0.6) is 5.75 Å². The summed E-state index contributed by atoms with van der Waals surface area (Å²) in [6.07, 6.45) is 0.381. The Morgan fingerprint density at radius 3 is 2.17 bits per heavy atom. The first kappa shape index (κ1) is 18.7. The summed E-state index contributed by atoms with van der Waals surface area (Å²) in [5, 5.41) is 15.6. The number of benzene rings is 3. The van der Waals surface area contributed by atoms with Crippen LogP contribution in [0, 0.1) is 0 Å². The highest BCUT2D eigenvalue weighted by molar-refractivity contribution is 6.36. The van der Waals surface area contributed by atoms with Crippen LogP contribution < -0.4 is 4.74 Å². The summed E-state index contributed by atoms with van der Waals surface area (Å²) in [7, 11) is 0. The van der Waals surface area contributed by atoms with E-state index in [4.69, 9.17) is 4.74 Å². The molecule has 1 N–H and O–H groups in total. The number of aliphatic carboxylic acids is 1. The first-order valence-electron chi connectivity index (χ1n) is 9.57. The maximum atomic E-state index is 11.5. The lowest BCUT2D eigenvalue weighted by atomic mass is 10.0. The molecule has 0 amide bonds. The maximum Gasteiger partial charge on any atom is 0.352 e. The van der Waals surface area contributed by atoms with E-state index in [1.54, 1.807) is 0 Å². The molecule has 29 heavy (non-hydrogen) atoms. The Morgan fingerprint density at radius 2 is 1.55 bits per heavy atom. The summed E-state index contributed by atoms with van der Waals surface area (Å²) in [5.41, 5.74) is 3.42. The van der Waals surface area contributed by atoms with Crippen molar-refractivity contribution < 1.29 is 14.6 Å². The average Bonchev–Trinajstić information content (AvgIpc) is 3.18. The highest BCUT2D eigenvalue weighted by atomic mass is 16.5. The molecule has 1 atom stereocenters. The third-order valence-corrected chi connectivity index (χ3v) is 4.94. The Kier molecular flexibility index (Phi) is 5.56. The second-order valence-corrected chi connectivity index (χ2v) is 7.00. The minimum atomic E-state index is -0.964. The molecule has 0 bridgehead atoms. The van der Waals surface area contributed by atoms with Crippen LogP contribution in [0.4, 0.5) is 0 Å². The zero-order chi connectivity index (χ0) is 20.1. The SMILES string of the molecule is O=C(O)C1=NN(Cc2ccccc2)C(c2ccc(OCc3ccccc3)cc2)C1. The fourth-order valence-corrected chi connectivity index (χ4v) is 3.42. The van der Waals surface area contributed by atoms with Crippen molar-refractivity contribution in [3.8, 4) is 5.75 Å². The predicted molar refractivity (Wildman–Crippen MR) is 112 cm³/mol. The van der Waals surface area contributed by atoms with Crippen LogP contribution >= 0.6 is 0 Å². The molecular weight excluding hydrogens is 364 g/mol. The molecule has 1 aliphatic heterocycles. The Hall–Kier alpha value is -3.60. The van der Waals surface area contributed by atoms with Gasteiger partial charge >= 0.3 is 5.97 Å². The molecule has 5 nitrogen and oxygen atoms in total. The summed E-state index contributed by atoms with van der Waals surface area (Å²) in [4.78, 5) is 11.5. The molecule has 3 aromatic carbocycles. The third kappa shape index (κ3) is 4.63. The van der Waals surface area contributed by atoms with Crippen LogP contribution in [0.1, 0.15) is 29.2 Å². The Bertz CT molecular complexity index is 986. The van der Waals surface area contributed by atoms with Gasteiger partial charge < -0.3 is 9.84 Å². The lowest BCUT2D eigenvalue weighted by Crippen LogP contribution is -2.19. The van der Waals surface area contributed by atoms with E-state index in [-0.39, 0.29) is 11.8 Å². The van der Waals surface area contributed by atoms with Crippen LogP contribution in [0.25, 0.3) is 0 Å². The van der Waals surface area contributed by atoms with Gasteiger partial charge in [-0.05, 0) is 28.8 Å². The van der Waals surface area contributed by atoms with E-state index in [0.717, 1.165) is 22.4 Å². The van der Waals surface area contributed by atoms with Gasteiger partial charge in [0.25, 0.3) is 0 Å². The number of nitrogens with zero attached hydrogens (tertiary/aromatic N) is 2. The van der Waals surface area contributed by atoms with Gasteiger partial charge in [-0.3, -0.25) is 5.01 Å². The average molecular weight is 386 g/mol. The van der Waals surface area contributed by atoms with E-state index in [0.29, 0.717) is 19.6 Å². The van der Waals surface area contributed by atoms with E-state index < -0.39 is 5.97 Å². The summed E-state index contributed by atoms with van der Waals surface area (Å²) >= 11 is 0. The molecule has 4 rings (SSSR count). The van der Waals surface area contributed by atoms with Gasteiger partial charge in [-0.25, -0.2) is 4.79 Å². The second kappa shape index (κ2) is 8.61. The fourth-order valence-electron chi connectivity index (χ4n) is 3.42. The van der Waals surface area contributed by atoms with Crippen LogP contribution in [-0.2, 0) is 17.9 Å². The molecule has 1 heterocycles. The fraction of sp³-hybridized carbons (Fsp3) is 0.167. The Balaban J connectivity index is 1.47. The summed E-state index contributed by atoms with van der Waals surface area (Å²) in [5.74, 6) is -0.182. The zero-order valence-corrected chi connectivity index (χ0v) is 15.9. The molecule has 1 aliphatic rings. The quantitative estimate of drug-likeness (QED) is 0.642. The molecule has 0 fully saturated rings. The minimum Gasteiger partial charge on any atom is -0.489 e. The number of ether oxygens (including phenoxy) is 1. The molecule has 146 valence electrons. The molecule has 0 saturated heterocycles. The zero-order valence-electron chi connectivity index (χ0n) is 15.9. The molecular formula is C24H22N2O3. The molecule has 0 aliphatic carbocycles. The number of hydrazone groups is 1. The molecule has 0 aromatic heterocycles. The second-order valence-electron chi connectivity index (χ2n) is 7.00. The van der Waals surface area contributed by atoms with Gasteiger partial charge in [-0.1, -0.05) is 72.8 Å². The molecule has 3 aromatic rings. The smallest absolute Gasteiger partial charge is 0.352 e. The standard InChI is InChI=1S/C24H22N2O3/c27-24(28)22-15-23(26(25-22)16-18-7-3-1-4-8-18)20-11-13-21(14-12-20)29-17-19-9-5-2-6-10-19/h1-14,23H,15-17H2,(H,27,28). The normalized spacial score (nSPS) is 15.8. The number of hydrogen-bond acceptors (Lipinski definition) is 4. The summed E-state index contributed by atoms with van der Waals surface area (Å²) in [6, 6.07) is 27.7. The summed E-state index contributed by atoms with van der Waals surface area (Å²) in [6.45, 7) is 1.07. The molecule has 0 radical (unpaired) electrons. The third-order valence-electron chi connectivity index (χ3n) is 4.94. The topological polar surface area (TPSA) is 62.1 Å². The lowest BCUT2D eigenvalue weighted by molar-refractivity contribution is -0.129. The Labute approximate surface area is 169 Å². The number of hydrogen-bond donors (Lipinski definition) is 1. The Morgan fingerprint density at radius 1 is 0.931 bits per heavy atom. The van der Waals surface area contributed by atoms with E-state index >= 15 is 0 Å². The molecule has 1 unspecified atom stereocenters. The van der Waals surface area contributed by atoms with Crippen molar-refractivity contribution in [2.45, 2.75) is 25.6 Å². The van der Waals surface area contributed by atoms with Crippen molar-refractivity contribution in [2.24, 2.45) is 5.10 Å². The highest BCUT2D eigenvalue weighted by Crippen LogP contribution is 2.33. The first-order valence-corrected chi connectivity index (χ1v) is 9.57. The van der Waals surface area contributed by atoms with Crippen molar-refractivity contribution in [1.29, 1.82) is 0 Å². The number of carboxylic acids is 1. The van der Waals surface area contributed by atoms with Gasteiger partial charge in [0.1, 0.15) is 18.1 Å².